The highest BCUT2D eigenvalue weighted by atomic mass is 32.2. The number of hydrogen-bond acceptors (Lipinski definition) is 5. The van der Waals surface area contributed by atoms with Gasteiger partial charge in [-0.05, 0) is 43.3 Å². The summed E-state index contributed by atoms with van der Waals surface area (Å²) in [7, 11) is 0. The molecule has 1 amide bonds. The Morgan fingerprint density at radius 2 is 2.00 bits per heavy atom. The maximum absolute atomic E-state index is 13.0. The van der Waals surface area contributed by atoms with E-state index in [4.69, 9.17) is 11.0 Å². The second-order valence-corrected chi connectivity index (χ2v) is 7.01. The minimum Gasteiger partial charge on any atom is -0.399 e. The largest absolute Gasteiger partial charge is 0.417 e. The summed E-state index contributed by atoms with van der Waals surface area (Å²) in [6.45, 7) is 1.26. The molecule has 9 heteroatoms. The highest BCUT2D eigenvalue weighted by Crippen LogP contribution is 2.34. The first kappa shape index (κ1) is 20.6. The molecule has 0 aromatic heterocycles. The molecule has 27 heavy (non-hydrogen) atoms. The first-order valence-electron chi connectivity index (χ1n) is 7.66. The van der Waals surface area contributed by atoms with E-state index in [9.17, 15) is 23.1 Å². The molecule has 0 saturated carbocycles. The molecule has 0 radical (unpaired) electrons. The number of anilines is 2. The number of nitrogen functional groups attached to an aromatic ring is 1. The molecule has 0 fully saturated rings. The van der Waals surface area contributed by atoms with E-state index in [1.54, 1.807) is 24.3 Å². The number of aliphatic hydroxyl groups is 1. The minimum absolute atomic E-state index is 0.0370. The van der Waals surface area contributed by atoms with Crippen LogP contribution >= 0.6 is 11.8 Å². The first-order chi connectivity index (χ1) is 12.5. The van der Waals surface area contributed by atoms with E-state index < -0.39 is 28.8 Å². The molecular formula is C18H16F3N3O2S. The smallest absolute Gasteiger partial charge is 0.399 e. The van der Waals surface area contributed by atoms with Crippen LogP contribution in [0.1, 0.15) is 18.1 Å². The fraction of sp³-hybridized carbons (Fsp3) is 0.222. The standard InChI is InChI=1S/C18H16F3N3O2S/c1-17(26,10-27-14-4-2-3-12(23)7-14)16(25)24-13-6-5-11(9-22)15(8-13)18(19,20)21/h2-8,26H,10,23H2,1H3,(H,24,25)/t17-/m1/s1. The van der Waals surface area contributed by atoms with Crippen LogP contribution in [0.5, 0.6) is 0 Å². The van der Waals surface area contributed by atoms with Crippen molar-refractivity contribution in [1.29, 1.82) is 5.26 Å². The number of rotatable bonds is 5. The summed E-state index contributed by atoms with van der Waals surface area (Å²) >= 11 is 1.18. The van der Waals surface area contributed by atoms with Crippen LogP contribution < -0.4 is 11.1 Å². The maximum Gasteiger partial charge on any atom is 0.417 e. The lowest BCUT2D eigenvalue weighted by Gasteiger charge is -2.22. The second kappa shape index (κ2) is 7.90. The highest BCUT2D eigenvalue weighted by molar-refractivity contribution is 7.99. The van der Waals surface area contributed by atoms with E-state index in [1.165, 1.54) is 30.8 Å². The molecule has 0 aliphatic rings. The molecule has 0 unspecified atom stereocenters. The molecule has 0 heterocycles. The van der Waals surface area contributed by atoms with Crippen molar-refractivity contribution < 1.29 is 23.1 Å². The molecule has 5 nitrogen and oxygen atoms in total. The Morgan fingerprint density at radius 1 is 1.30 bits per heavy atom. The molecule has 0 spiro atoms. The van der Waals surface area contributed by atoms with Gasteiger partial charge in [-0.2, -0.15) is 18.4 Å². The number of carbonyl (C=O) groups is 1. The molecule has 2 rings (SSSR count). The van der Waals surface area contributed by atoms with Gasteiger partial charge in [-0.3, -0.25) is 4.79 Å². The van der Waals surface area contributed by atoms with Crippen molar-refractivity contribution in [1.82, 2.24) is 0 Å². The number of nitrogens with zero attached hydrogens (tertiary/aromatic N) is 1. The molecule has 142 valence electrons. The predicted molar refractivity (Wildman–Crippen MR) is 97.0 cm³/mol. The van der Waals surface area contributed by atoms with E-state index in [-0.39, 0.29) is 11.4 Å². The van der Waals surface area contributed by atoms with E-state index in [1.807, 2.05) is 0 Å². The number of carbonyl (C=O) groups excluding carboxylic acids is 1. The van der Waals surface area contributed by atoms with Crippen LogP contribution in [0.3, 0.4) is 0 Å². The van der Waals surface area contributed by atoms with E-state index >= 15 is 0 Å². The molecule has 4 N–H and O–H groups in total. The normalized spacial score (nSPS) is 13.5. The summed E-state index contributed by atoms with van der Waals surface area (Å²) in [5.41, 5.74) is 2.47. The summed E-state index contributed by atoms with van der Waals surface area (Å²) in [6, 6.07) is 11.1. The fourth-order valence-electron chi connectivity index (χ4n) is 2.11. The molecule has 0 bridgehead atoms. The van der Waals surface area contributed by atoms with Gasteiger partial charge >= 0.3 is 6.18 Å². The van der Waals surface area contributed by atoms with Gasteiger partial charge in [0.25, 0.3) is 5.91 Å². The molecular weight excluding hydrogens is 379 g/mol. The molecule has 1 atom stereocenters. The van der Waals surface area contributed by atoms with Crippen molar-refractivity contribution in [2.24, 2.45) is 0 Å². The Kier molecular flexibility index (Phi) is 6.03. The van der Waals surface area contributed by atoms with Crippen molar-refractivity contribution in [3.63, 3.8) is 0 Å². The quantitative estimate of drug-likeness (QED) is 0.530. The van der Waals surface area contributed by atoms with Crippen molar-refractivity contribution in [2.75, 3.05) is 16.8 Å². The lowest BCUT2D eigenvalue weighted by Crippen LogP contribution is -2.42. The SMILES string of the molecule is C[C@@](O)(CSc1cccc(N)c1)C(=O)Nc1ccc(C#N)c(C(F)(F)F)c1. The van der Waals surface area contributed by atoms with Crippen molar-refractivity contribution in [2.45, 2.75) is 23.6 Å². The topological polar surface area (TPSA) is 99.1 Å². The molecule has 0 aliphatic carbocycles. The number of amides is 1. The van der Waals surface area contributed by atoms with Gasteiger partial charge in [0.2, 0.25) is 0 Å². The molecule has 2 aromatic carbocycles. The fourth-order valence-corrected chi connectivity index (χ4v) is 3.09. The Balaban J connectivity index is 2.12. The Hall–Kier alpha value is -2.70. The Morgan fingerprint density at radius 3 is 2.59 bits per heavy atom. The van der Waals surface area contributed by atoms with Gasteiger partial charge in [0.05, 0.1) is 17.2 Å². The summed E-state index contributed by atoms with van der Waals surface area (Å²) in [5.74, 6) is -0.901. The number of thioether (sulfide) groups is 1. The first-order valence-corrected chi connectivity index (χ1v) is 8.65. The third-order valence-corrected chi connectivity index (χ3v) is 4.86. The number of halogens is 3. The lowest BCUT2D eigenvalue weighted by molar-refractivity contribution is -0.137. The van der Waals surface area contributed by atoms with Gasteiger partial charge in [0.1, 0.15) is 5.60 Å². The van der Waals surface area contributed by atoms with Crippen molar-refractivity contribution in [3.05, 3.63) is 53.6 Å². The third kappa shape index (κ3) is 5.39. The van der Waals surface area contributed by atoms with Crippen molar-refractivity contribution in [3.8, 4) is 6.07 Å². The summed E-state index contributed by atoms with van der Waals surface area (Å²) in [5, 5.41) is 21.4. The number of benzene rings is 2. The number of nitriles is 1. The van der Waals surface area contributed by atoms with E-state index in [0.717, 1.165) is 11.0 Å². The lowest BCUT2D eigenvalue weighted by atomic mass is 10.1. The maximum atomic E-state index is 13.0. The average Bonchev–Trinajstić information content (AvgIpc) is 2.59. The van der Waals surface area contributed by atoms with Crippen molar-refractivity contribution >= 4 is 29.0 Å². The predicted octanol–water partition coefficient (Wildman–Crippen LogP) is 3.64. The second-order valence-electron chi connectivity index (χ2n) is 5.96. The van der Waals surface area contributed by atoms with Crippen LogP contribution in [0, 0.1) is 11.3 Å². The van der Waals surface area contributed by atoms with Crippen LogP contribution in [-0.4, -0.2) is 22.4 Å². The molecule has 2 aromatic rings. The number of hydrogen-bond donors (Lipinski definition) is 3. The number of nitrogens with one attached hydrogen (secondary N) is 1. The molecule has 0 aliphatic heterocycles. The van der Waals surface area contributed by atoms with Gasteiger partial charge in [-0.15, -0.1) is 11.8 Å². The van der Waals surface area contributed by atoms with Gasteiger partial charge in [0, 0.05) is 22.0 Å². The summed E-state index contributed by atoms with van der Waals surface area (Å²) < 4.78 is 39.0. The zero-order chi connectivity index (χ0) is 20.2. The summed E-state index contributed by atoms with van der Waals surface area (Å²) in [6.07, 6.45) is -4.74. The van der Waals surface area contributed by atoms with Gasteiger partial charge in [0.15, 0.2) is 0 Å². The van der Waals surface area contributed by atoms with Gasteiger partial charge in [-0.1, -0.05) is 6.07 Å². The average molecular weight is 395 g/mol. The Labute approximate surface area is 158 Å². The van der Waals surface area contributed by atoms with Crippen LogP contribution in [-0.2, 0) is 11.0 Å². The monoisotopic (exact) mass is 395 g/mol. The minimum atomic E-state index is -4.74. The van der Waals surface area contributed by atoms with Crippen LogP contribution in [0.4, 0.5) is 24.5 Å². The van der Waals surface area contributed by atoms with Gasteiger partial charge in [-0.25, -0.2) is 0 Å². The number of nitrogens with two attached hydrogens (primary N) is 1. The van der Waals surface area contributed by atoms with Crippen LogP contribution in [0.25, 0.3) is 0 Å². The van der Waals surface area contributed by atoms with Crippen LogP contribution in [0.15, 0.2) is 47.4 Å². The van der Waals surface area contributed by atoms with Crippen LogP contribution in [0.2, 0.25) is 0 Å². The molecule has 0 saturated heterocycles. The number of alkyl halides is 3. The van der Waals surface area contributed by atoms with E-state index in [2.05, 4.69) is 5.32 Å². The summed E-state index contributed by atoms with van der Waals surface area (Å²) in [4.78, 5) is 13.0. The zero-order valence-electron chi connectivity index (χ0n) is 14.2. The third-order valence-electron chi connectivity index (χ3n) is 3.57. The Bertz CT molecular complexity index is 892. The van der Waals surface area contributed by atoms with E-state index in [0.29, 0.717) is 11.8 Å². The zero-order valence-corrected chi connectivity index (χ0v) is 15.0. The highest BCUT2D eigenvalue weighted by Gasteiger charge is 2.35. The van der Waals surface area contributed by atoms with Gasteiger partial charge < -0.3 is 16.2 Å².